The van der Waals surface area contributed by atoms with Gasteiger partial charge in [-0.25, -0.2) is 14.4 Å². The average molecular weight is 744 g/mol. The normalized spacial score (nSPS) is 10.5. The number of hydrogen-bond donors (Lipinski definition) is 0. The molecule has 0 fully saturated rings. The maximum Gasteiger partial charge on any atom is 0.343 e. The Labute approximate surface area is 306 Å². The predicted molar refractivity (Wildman–Crippen MR) is 195 cm³/mol. The van der Waals surface area contributed by atoms with Gasteiger partial charge in [0.05, 0.1) is 42.0 Å². The van der Waals surface area contributed by atoms with E-state index in [-0.39, 0.29) is 15.7 Å². The zero-order chi connectivity index (χ0) is 36.1. The number of carbonyl (C=O) groups is 4. The second-order valence-electron chi connectivity index (χ2n) is 10.8. The SMILES string of the molecule is C=CC(=O)OCCCCCCOc1ccc(C(=O)Oc2ccc(SC(=O)c3ccc(OCCCCCCOC(=O)C=C)c(Cl)c3)cc2)cc1Cl. The van der Waals surface area contributed by atoms with E-state index in [2.05, 4.69) is 13.2 Å². The van der Waals surface area contributed by atoms with Crippen molar-refractivity contribution in [2.45, 2.75) is 56.3 Å². The van der Waals surface area contributed by atoms with Gasteiger partial charge in [0.15, 0.2) is 0 Å². The Hall–Kier alpha value is -4.25. The second-order valence-corrected chi connectivity index (χ2v) is 12.7. The Bertz CT molecular complexity index is 1490. The fourth-order valence-corrected chi connectivity index (χ4v) is 5.54. The van der Waals surface area contributed by atoms with E-state index in [4.69, 9.17) is 46.9 Å². The van der Waals surface area contributed by atoms with Crippen LogP contribution in [0.1, 0.15) is 72.1 Å². The Kier molecular flexibility index (Phi) is 18.1. The Morgan fingerprint density at radius 3 is 1.54 bits per heavy atom. The summed E-state index contributed by atoms with van der Waals surface area (Å²) in [6.07, 6.45) is 9.04. The zero-order valence-corrected chi connectivity index (χ0v) is 30.0. The summed E-state index contributed by atoms with van der Waals surface area (Å²) < 4.78 is 26.9. The summed E-state index contributed by atoms with van der Waals surface area (Å²) in [4.78, 5) is 48.4. The summed E-state index contributed by atoms with van der Waals surface area (Å²) in [5, 5.41) is 0.425. The third-order valence-corrected chi connectivity index (χ3v) is 8.51. The molecule has 0 spiro atoms. The average Bonchev–Trinajstić information content (AvgIpc) is 3.11. The smallest absolute Gasteiger partial charge is 0.343 e. The maximum atomic E-state index is 12.9. The van der Waals surface area contributed by atoms with Gasteiger partial charge in [0.1, 0.15) is 17.2 Å². The van der Waals surface area contributed by atoms with E-state index < -0.39 is 17.9 Å². The van der Waals surface area contributed by atoms with E-state index in [0.29, 0.717) is 59.2 Å². The number of hydrogen-bond acceptors (Lipinski definition) is 10. The molecule has 12 heteroatoms. The van der Waals surface area contributed by atoms with Crippen molar-refractivity contribution in [2.24, 2.45) is 0 Å². The number of thioether (sulfide) groups is 1. The molecular weight excluding hydrogens is 703 g/mol. The molecule has 9 nitrogen and oxygen atoms in total. The summed E-state index contributed by atoms with van der Waals surface area (Å²) in [5.41, 5.74) is 0.683. The summed E-state index contributed by atoms with van der Waals surface area (Å²) in [5.74, 6) is -0.153. The molecule has 266 valence electrons. The van der Waals surface area contributed by atoms with E-state index in [0.717, 1.165) is 75.3 Å². The van der Waals surface area contributed by atoms with Gasteiger partial charge in [-0.1, -0.05) is 36.4 Å². The molecule has 3 aromatic rings. The van der Waals surface area contributed by atoms with Crippen LogP contribution in [-0.4, -0.2) is 49.5 Å². The quantitative estimate of drug-likeness (QED) is 0.0324. The van der Waals surface area contributed by atoms with Crippen LogP contribution in [0.2, 0.25) is 10.0 Å². The van der Waals surface area contributed by atoms with Gasteiger partial charge >= 0.3 is 17.9 Å². The van der Waals surface area contributed by atoms with Gasteiger partial charge in [0, 0.05) is 22.6 Å². The van der Waals surface area contributed by atoms with Gasteiger partial charge in [0.2, 0.25) is 5.12 Å². The number of unbranched alkanes of at least 4 members (excludes halogenated alkanes) is 6. The van der Waals surface area contributed by atoms with E-state index in [1.54, 1.807) is 54.6 Å². The first kappa shape index (κ1) is 40.2. The number of rotatable bonds is 22. The lowest BCUT2D eigenvalue weighted by atomic mass is 10.2. The zero-order valence-electron chi connectivity index (χ0n) is 27.7. The van der Waals surface area contributed by atoms with E-state index >= 15 is 0 Å². The molecule has 0 aliphatic rings. The highest BCUT2D eigenvalue weighted by Gasteiger charge is 2.14. The molecule has 0 aromatic heterocycles. The molecule has 0 saturated carbocycles. The lowest BCUT2D eigenvalue weighted by molar-refractivity contribution is -0.138. The molecule has 50 heavy (non-hydrogen) atoms. The van der Waals surface area contributed by atoms with Crippen LogP contribution in [0.15, 0.2) is 90.9 Å². The number of benzene rings is 3. The molecular formula is C38H40Cl2O9S. The van der Waals surface area contributed by atoms with Crippen molar-refractivity contribution in [1.82, 2.24) is 0 Å². The molecule has 0 amide bonds. The molecule has 3 aromatic carbocycles. The Morgan fingerprint density at radius 2 is 1.06 bits per heavy atom. The standard InChI is InChI=1S/C38H40Cl2O9S/c1-3-35(41)47-23-11-7-5-9-21-45-33-19-13-27(25-31(33)39)37(43)49-29-15-17-30(18-16-29)50-38(44)28-14-20-34(32(40)26-28)46-22-10-6-8-12-24-48-36(42)4-2/h3-4,13-20,25-26H,1-2,5-12,21-24H2. The van der Waals surface area contributed by atoms with Gasteiger partial charge in [-0.15, -0.1) is 0 Å². The third-order valence-electron chi connectivity index (χ3n) is 6.99. The predicted octanol–water partition coefficient (Wildman–Crippen LogP) is 9.48. The van der Waals surface area contributed by atoms with Crippen molar-refractivity contribution in [3.05, 3.63) is 107 Å². The number of halogens is 2. The first-order valence-electron chi connectivity index (χ1n) is 16.2. The van der Waals surface area contributed by atoms with Crippen LogP contribution in [-0.2, 0) is 19.1 Å². The molecule has 0 aliphatic heterocycles. The molecule has 0 unspecified atom stereocenters. The molecule has 0 bridgehead atoms. The number of esters is 3. The molecule has 0 aliphatic carbocycles. The second kappa shape index (κ2) is 22.5. The van der Waals surface area contributed by atoms with Crippen LogP contribution < -0.4 is 14.2 Å². The molecule has 0 atom stereocenters. The summed E-state index contributed by atoms with van der Waals surface area (Å²) in [6.45, 7) is 8.38. The van der Waals surface area contributed by atoms with Crippen molar-refractivity contribution >= 4 is 58.0 Å². The molecule has 0 N–H and O–H groups in total. The lowest BCUT2D eigenvalue weighted by Gasteiger charge is -2.10. The van der Waals surface area contributed by atoms with Crippen molar-refractivity contribution in [3.63, 3.8) is 0 Å². The highest BCUT2D eigenvalue weighted by molar-refractivity contribution is 8.14. The topological polar surface area (TPSA) is 114 Å². The van der Waals surface area contributed by atoms with E-state index in [1.807, 2.05) is 0 Å². The van der Waals surface area contributed by atoms with Gasteiger partial charge in [-0.05, 0) is 124 Å². The molecule has 0 heterocycles. The first-order valence-corrected chi connectivity index (χ1v) is 17.7. The largest absolute Gasteiger partial charge is 0.492 e. The van der Waals surface area contributed by atoms with Crippen LogP contribution >= 0.6 is 35.0 Å². The third kappa shape index (κ3) is 14.7. The minimum Gasteiger partial charge on any atom is -0.492 e. The maximum absolute atomic E-state index is 12.9. The summed E-state index contributed by atoms with van der Waals surface area (Å²) in [6, 6.07) is 16.2. The highest BCUT2D eigenvalue weighted by atomic mass is 35.5. The monoisotopic (exact) mass is 742 g/mol. The van der Waals surface area contributed by atoms with Crippen molar-refractivity contribution < 1.29 is 42.9 Å². The van der Waals surface area contributed by atoms with E-state index in [1.165, 1.54) is 6.07 Å². The van der Waals surface area contributed by atoms with Crippen LogP contribution in [0.25, 0.3) is 0 Å². The van der Waals surface area contributed by atoms with Crippen LogP contribution in [0.5, 0.6) is 17.2 Å². The van der Waals surface area contributed by atoms with Crippen molar-refractivity contribution in [3.8, 4) is 17.2 Å². The van der Waals surface area contributed by atoms with E-state index in [9.17, 15) is 19.2 Å². The number of carbonyl (C=O) groups excluding carboxylic acids is 4. The highest BCUT2D eigenvalue weighted by Crippen LogP contribution is 2.31. The number of ether oxygens (including phenoxy) is 5. The fourth-order valence-electron chi connectivity index (χ4n) is 4.34. The Balaban J connectivity index is 1.38. The van der Waals surface area contributed by atoms with Crippen LogP contribution in [0.3, 0.4) is 0 Å². The van der Waals surface area contributed by atoms with Gasteiger partial charge in [-0.2, -0.15) is 0 Å². The molecule has 0 radical (unpaired) electrons. The van der Waals surface area contributed by atoms with Gasteiger partial charge in [-0.3, -0.25) is 4.79 Å². The summed E-state index contributed by atoms with van der Waals surface area (Å²) >= 11 is 13.7. The van der Waals surface area contributed by atoms with Gasteiger partial charge < -0.3 is 23.7 Å². The van der Waals surface area contributed by atoms with Crippen molar-refractivity contribution in [1.29, 1.82) is 0 Å². The lowest BCUT2D eigenvalue weighted by Crippen LogP contribution is -2.08. The fraction of sp³-hybridized carbons (Fsp3) is 0.316. The van der Waals surface area contributed by atoms with Crippen LogP contribution in [0.4, 0.5) is 0 Å². The van der Waals surface area contributed by atoms with Gasteiger partial charge in [0.25, 0.3) is 0 Å². The minimum absolute atomic E-state index is 0.205. The van der Waals surface area contributed by atoms with Crippen LogP contribution in [0, 0.1) is 0 Å². The Morgan fingerprint density at radius 1 is 0.600 bits per heavy atom. The first-order chi connectivity index (χ1) is 24.2. The molecule has 3 rings (SSSR count). The van der Waals surface area contributed by atoms with Crippen molar-refractivity contribution in [2.75, 3.05) is 26.4 Å². The summed E-state index contributed by atoms with van der Waals surface area (Å²) in [7, 11) is 0. The minimum atomic E-state index is -0.587. The molecule has 0 saturated heterocycles.